The molecule has 9 heteroatoms. The van der Waals surface area contributed by atoms with Crippen molar-refractivity contribution in [2.24, 2.45) is 0 Å². The maximum absolute atomic E-state index is 8.74. The quantitative estimate of drug-likeness (QED) is 0.334. The van der Waals surface area contributed by atoms with Gasteiger partial charge in [-0.25, -0.2) is 4.79 Å². The van der Waals surface area contributed by atoms with Gasteiger partial charge >= 0.3 is 16.6 Å². The molecule has 0 saturated heterocycles. The van der Waals surface area contributed by atoms with Crippen LogP contribution in [-0.2, 0) is 10.4 Å². The van der Waals surface area contributed by atoms with Crippen LogP contribution in [0.1, 0.15) is 6.92 Å². The number of aliphatic hydroxyl groups excluding tert-OH is 1. The second kappa shape index (κ2) is 10.1. The summed E-state index contributed by atoms with van der Waals surface area (Å²) in [6, 6.07) is 0. The lowest BCUT2D eigenvalue weighted by atomic mass is 10.9. The van der Waals surface area contributed by atoms with Crippen molar-refractivity contribution in [3.8, 4) is 0 Å². The van der Waals surface area contributed by atoms with Gasteiger partial charge in [-0.2, -0.15) is 8.42 Å². The lowest BCUT2D eigenvalue weighted by molar-refractivity contribution is 0.137. The Balaban J connectivity index is -0.000000105. The highest BCUT2D eigenvalue weighted by atomic mass is 32.3. The van der Waals surface area contributed by atoms with Gasteiger partial charge in [-0.15, -0.1) is 0 Å². The molecule has 0 aliphatic carbocycles. The lowest BCUT2D eigenvalue weighted by Crippen LogP contribution is -1.89. The van der Waals surface area contributed by atoms with Crippen LogP contribution in [0, 0.1) is 0 Å². The van der Waals surface area contributed by atoms with E-state index in [-0.39, 0.29) is 6.61 Å². The molecule has 0 heterocycles. The summed E-state index contributed by atoms with van der Waals surface area (Å²) < 4.78 is 31.6. The number of carbonyl (C=O) groups is 1. The topological polar surface area (TPSA) is 152 Å². The average Bonchev–Trinajstić information content (AvgIpc) is 1.56. The molecule has 0 rings (SSSR count). The number of rotatable bonds is 0. The minimum atomic E-state index is -4.67. The van der Waals surface area contributed by atoms with E-state index < -0.39 is 16.6 Å². The zero-order valence-corrected chi connectivity index (χ0v) is 6.89. The fraction of sp³-hybridized carbons (Fsp3) is 0.667. The van der Waals surface area contributed by atoms with E-state index in [1.165, 1.54) is 0 Å². The lowest BCUT2D eigenvalue weighted by Gasteiger charge is -1.68. The molecule has 0 radical (unpaired) electrons. The molecule has 0 bridgehead atoms. The number of hydrogen-bond donors (Lipinski definition) is 5. The summed E-state index contributed by atoms with van der Waals surface area (Å²) >= 11 is 0. The van der Waals surface area contributed by atoms with Crippen molar-refractivity contribution in [3.63, 3.8) is 0 Å². The van der Waals surface area contributed by atoms with Crippen LogP contribution < -0.4 is 0 Å². The summed E-state index contributed by atoms with van der Waals surface area (Å²) in [5.41, 5.74) is 0. The van der Waals surface area contributed by atoms with Gasteiger partial charge in [0.25, 0.3) is 0 Å². The monoisotopic (exact) mass is 206 g/mol. The van der Waals surface area contributed by atoms with Crippen LogP contribution in [0.4, 0.5) is 4.79 Å². The van der Waals surface area contributed by atoms with Crippen LogP contribution in [-0.4, -0.2) is 45.6 Å². The first-order valence-electron chi connectivity index (χ1n) is 2.37. The normalized spacial score (nSPS) is 8.33. The summed E-state index contributed by atoms with van der Waals surface area (Å²) in [5.74, 6) is 0. The van der Waals surface area contributed by atoms with Gasteiger partial charge in [0.05, 0.1) is 0 Å². The standard InChI is InChI=1S/C2H6O.CH2O3.H2O4S/c1-2-3;2-1(3)4;1-5(2,3)4/h3H,2H2,1H3;(H2,2,3,4);(H2,1,2,3,4). The van der Waals surface area contributed by atoms with Crippen molar-refractivity contribution in [3.05, 3.63) is 0 Å². The van der Waals surface area contributed by atoms with Gasteiger partial charge in [0, 0.05) is 6.61 Å². The zero-order chi connectivity index (χ0) is 10.8. The zero-order valence-electron chi connectivity index (χ0n) is 6.08. The molecule has 0 aromatic rings. The van der Waals surface area contributed by atoms with Gasteiger partial charge in [0.15, 0.2) is 0 Å². The third-order valence-electron chi connectivity index (χ3n) is 0. The van der Waals surface area contributed by atoms with Gasteiger partial charge < -0.3 is 15.3 Å². The minimum absolute atomic E-state index is 0.250. The Morgan fingerprint density at radius 3 is 1.25 bits per heavy atom. The molecule has 0 atom stereocenters. The predicted octanol–water partition coefficient (Wildman–Crippen LogP) is -0.432. The molecule has 12 heavy (non-hydrogen) atoms. The summed E-state index contributed by atoms with van der Waals surface area (Å²) in [7, 11) is -4.67. The van der Waals surface area contributed by atoms with Gasteiger partial charge in [-0.05, 0) is 6.92 Å². The SMILES string of the molecule is CCO.O=C(O)O.O=S(=O)(O)O. The second-order valence-electron chi connectivity index (χ2n) is 1.05. The third kappa shape index (κ3) is 737. The number of carboxylic acid groups (broad SMARTS) is 2. The van der Waals surface area contributed by atoms with Crippen molar-refractivity contribution < 1.29 is 37.6 Å². The van der Waals surface area contributed by atoms with Crippen LogP contribution in [0.5, 0.6) is 0 Å². The molecule has 8 nitrogen and oxygen atoms in total. The summed E-state index contributed by atoms with van der Waals surface area (Å²) in [6.07, 6.45) is -1.83. The molecular formula is C3H10O8S. The van der Waals surface area contributed by atoms with E-state index in [1.807, 2.05) is 0 Å². The fourth-order valence-electron chi connectivity index (χ4n) is 0. The van der Waals surface area contributed by atoms with Gasteiger partial charge in [-0.3, -0.25) is 9.11 Å². The number of aliphatic hydroxyl groups is 1. The molecule has 0 spiro atoms. The first kappa shape index (κ1) is 17.3. The summed E-state index contributed by atoms with van der Waals surface area (Å²) in [4.78, 5) is 8.56. The highest BCUT2D eigenvalue weighted by Gasteiger charge is 1.84. The molecule has 5 N–H and O–H groups in total. The Morgan fingerprint density at radius 1 is 1.25 bits per heavy atom. The molecule has 0 fully saturated rings. The summed E-state index contributed by atoms with van der Waals surface area (Å²) in [5, 5.41) is 21.5. The molecule has 0 amide bonds. The predicted molar refractivity (Wildman–Crippen MR) is 37.6 cm³/mol. The highest BCUT2D eigenvalue weighted by molar-refractivity contribution is 7.79. The summed E-state index contributed by atoms with van der Waals surface area (Å²) in [6.45, 7) is 1.93. The second-order valence-corrected chi connectivity index (χ2v) is 1.94. The smallest absolute Gasteiger partial charge is 0.450 e. The van der Waals surface area contributed by atoms with Crippen molar-refractivity contribution >= 4 is 16.6 Å². The van der Waals surface area contributed by atoms with E-state index in [9.17, 15) is 0 Å². The Kier molecular flexibility index (Phi) is 14.5. The first-order chi connectivity index (χ1) is 5.15. The van der Waals surface area contributed by atoms with Crippen LogP contribution in [0.2, 0.25) is 0 Å². The molecular weight excluding hydrogens is 196 g/mol. The third-order valence-corrected chi connectivity index (χ3v) is 0. The molecule has 0 aromatic carbocycles. The van der Waals surface area contributed by atoms with E-state index >= 15 is 0 Å². The van der Waals surface area contributed by atoms with E-state index in [2.05, 4.69) is 0 Å². The van der Waals surface area contributed by atoms with Gasteiger partial charge in [0.2, 0.25) is 0 Å². The molecule has 76 valence electrons. The van der Waals surface area contributed by atoms with E-state index in [1.54, 1.807) is 6.92 Å². The maximum atomic E-state index is 8.74. The van der Waals surface area contributed by atoms with E-state index in [4.69, 9.17) is 37.6 Å². The fourth-order valence-corrected chi connectivity index (χ4v) is 0. The van der Waals surface area contributed by atoms with Crippen molar-refractivity contribution in [1.82, 2.24) is 0 Å². The molecule has 0 aliphatic heterocycles. The molecule has 0 saturated carbocycles. The minimum Gasteiger partial charge on any atom is -0.450 e. The first-order valence-corrected chi connectivity index (χ1v) is 3.77. The number of hydrogen-bond acceptors (Lipinski definition) is 4. The Labute approximate surface area is 68.7 Å². The van der Waals surface area contributed by atoms with Gasteiger partial charge in [-0.1, -0.05) is 0 Å². The molecule has 0 aliphatic rings. The average molecular weight is 206 g/mol. The van der Waals surface area contributed by atoms with Gasteiger partial charge in [0.1, 0.15) is 0 Å². The van der Waals surface area contributed by atoms with Crippen LogP contribution in [0.3, 0.4) is 0 Å². The largest absolute Gasteiger partial charge is 0.503 e. The Morgan fingerprint density at radius 2 is 1.25 bits per heavy atom. The van der Waals surface area contributed by atoms with Crippen molar-refractivity contribution in [2.45, 2.75) is 6.92 Å². The Hall–Kier alpha value is -0.900. The maximum Gasteiger partial charge on any atom is 0.503 e. The van der Waals surface area contributed by atoms with Crippen molar-refractivity contribution in [1.29, 1.82) is 0 Å². The molecule has 0 unspecified atom stereocenters. The van der Waals surface area contributed by atoms with Crippen LogP contribution in [0.25, 0.3) is 0 Å². The van der Waals surface area contributed by atoms with Crippen LogP contribution >= 0.6 is 0 Å². The highest BCUT2D eigenvalue weighted by Crippen LogP contribution is 1.59. The van der Waals surface area contributed by atoms with Crippen molar-refractivity contribution in [2.75, 3.05) is 6.61 Å². The Bertz CT molecular complexity index is 168. The van der Waals surface area contributed by atoms with E-state index in [0.29, 0.717) is 0 Å². The van der Waals surface area contributed by atoms with E-state index in [0.717, 1.165) is 0 Å². The molecule has 0 aromatic heterocycles. The van der Waals surface area contributed by atoms with Crippen LogP contribution in [0.15, 0.2) is 0 Å².